The van der Waals surface area contributed by atoms with E-state index in [0.717, 1.165) is 23.2 Å². The second kappa shape index (κ2) is 9.82. The van der Waals surface area contributed by atoms with E-state index in [1.165, 1.54) is 0 Å². The van der Waals surface area contributed by atoms with Crippen LogP contribution in [0.5, 0.6) is 0 Å². The van der Waals surface area contributed by atoms with E-state index in [4.69, 9.17) is 0 Å². The molecule has 0 saturated heterocycles. The number of amides is 1. The van der Waals surface area contributed by atoms with Gasteiger partial charge in [-0.3, -0.25) is 14.6 Å². The van der Waals surface area contributed by atoms with Gasteiger partial charge < -0.3 is 10.3 Å². The van der Waals surface area contributed by atoms with Gasteiger partial charge in [-0.1, -0.05) is 12.1 Å². The summed E-state index contributed by atoms with van der Waals surface area (Å²) in [5.74, 6) is 0.414. The first-order valence-corrected chi connectivity index (χ1v) is 10.5. The van der Waals surface area contributed by atoms with E-state index in [1.54, 1.807) is 42.3 Å². The Bertz CT molecular complexity index is 1230. The minimum absolute atomic E-state index is 0.0878. The molecule has 0 radical (unpaired) electrons. The first-order chi connectivity index (χ1) is 15.6. The van der Waals surface area contributed by atoms with Crippen molar-refractivity contribution in [2.75, 3.05) is 6.54 Å². The number of aromatic nitrogens is 5. The zero-order valence-electron chi connectivity index (χ0n) is 17.8. The lowest BCUT2D eigenvalue weighted by molar-refractivity contribution is -0.121. The Morgan fingerprint density at radius 2 is 1.84 bits per heavy atom. The molecular formula is C24H24N6O2. The summed E-state index contributed by atoms with van der Waals surface area (Å²) in [5, 5.41) is 7.13. The molecule has 3 aromatic heterocycles. The summed E-state index contributed by atoms with van der Waals surface area (Å²) >= 11 is 0. The highest BCUT2D eigenvalue weighted by Gasteiger charge is 2.11. The molecule has 1 amide bonds. The first-order valence-electron chi connectivity index (χ1n) is 10.5. The molecule has 4 rings (SSSR count). The number of carbonyl (C=O) groups excluding carboxylic acids is 1. The fourth-order valence-electron chi connectivity index (χ4n) is 3.46. The van der Waals surface area contributed by atoms with E-state index in [1.807, 2.05) is 36.5 Å². The monoisotopic (exact) mass is 428 g/mol. The van der Waals surface area contributed by atoms with Crippen LogP contribution >= 0.6 is 0 Å². The van der Waals surface area contributed by atoms with Crippen LogP contribution in [0, 0.1) is 6.92 Å². The van der Waals surface area contributed by atoms with Crippen molar-refractivity contribution in [2.24, 2.45) is 0 Å². The van der Waals surface area contributed by atoms with Crippen LogP contribution in [-0.2, 0) is 17.6 Å². The summed E-state index contributed by atoms with van der Waals surface area (Å²) in [6.45, 7) is 2.33. The smallest absolute Gasteiger partial charge is 0.254 e. The predicted molar refractivity (Wildman–Crippen MR) is 121 cm³/mol. The number of carbonyl (C=O) groups is 1. The zero-order chi connectivity index (χ0) is 22.3. The lowest BCUT2D eigenvalue weighted by Crippen LogP contribution is -2.27. The SMILES string of the molecule is Cc1nc(-c2ccncc2)[nH]c(=O)c1CCC(=O)NCCc1ccc(-n2cccn2)cc1. The van der Waals surface area contributed by atoms with Gasteiger partial charge in [0.15, 0.2) is 0 Å². The van der Waals surface area contributed by atoms with Crippen LogP contribution in [-0.4, -0.2) is 37.2 Å². The van der Waals surface area contributed by atoms with Crippen molar-refractivity contribution < 1.29 is 4.79 Å². The van der Waals surface area contributed by atoms with E-state index in [-0.39, 0.29) is 17.9 Å². The fraction of sp³-hybridized carbons (Fsp3) is 0.208. The molecule has 1 aromatic carbocycles. The molecule has 4 aromatic rings. The molecule has 162 valence electrons. The Morgan fingerprint density at radius 3 is 2.53 bits per heavy atom. The molecule has 0 unspecified atom stereocenters. The summed E-state index contributed by atoms with van der Waals surface area (Å²) in [7, 11) is 0. The number of pyridine rings is 1. The van der Waals surface area contributed by atoms with Gasteiger partial charge in [0.05, 0.1) is 5.69 Å². The standard InChI is InChI=1S/C24H24N6O2/c1-17-21(24(32)29-23(28-17)19-10-13-25-14-11-19)7-8-22(31)26-15-9-18-3-5-20(6-4-18)30-16-2-12-27-30/h2-6,10-14,16H,7-9,15H2,1H3,(H,26,31)(H,28,29,32). The Balaban J connectivity index is 1.27. The second-order valence-corrected chi connectivity index (χ2v) is 7.43. The Kier molecular flexibility index (Phi) is 6.50. The van der Waals surface area contributed by atoms with Crippen molar-refractivity contribution in [2.45, 2.75) is 26.2 Å². The van der Waals surface area contributed by atoms with Crippen molar-refractivity contribution in [3.05, 3.63) is 94.4 Å². The molecule has 0 atom stereocenters. The average molecular weight is 428 g/mol. The molecule has 0 aliphatic rings. The molecule has 2 N–H and O–H groups in total. The van der Waals surface area contributed by atoms with Crippen LogP contribution in [0.4, 0.5) is 0 Å². The minimum atomic E-state index is -0.214. The molecule has 0 aliphatic carbocycles. The van der Waals surface area contributed by atoms with Crippen molar-refractivity contribution >= 4 is 5.91 Å². The Labute approximate surface area is 185 Å². The van der Waals surface area contributed by atoms with Gasteiger partial charge in [-0.2, -0.15) is 5.10 Å². The van der Waals surface area contributed by atoms with Crippen LogP contribution in [0.2, 0.25) is 0 Å². The number of nitrogens with zero attached hydrogens (tertiary/aromatic N) is 4. The van der Waals surface area contributed by atoms with Crippen LogP contribution < -0.4 is 10.9 Å². The maximum atomic E-state index is 12.5. The molecule has 8 heteroatoms. The fourth-order valence-corrected chi connectivity index (χ4v) is 3.46. The normalized spacial score (nSPS) is 10.8. The molecule has 0 saturated carbocycles. The van der Waals surface area contributed by atoms with Gasteiger partial charge in [-0.05, 0) is 55.7 Å². The second-order valence-electron chi connectivity index (χ2n) is 7.43. The van der Waals surface area contributed by atoms with Crippen LogP contribution in [0.3, 0.4) is 0 Å². The highest BCUT2D eigenvalue weighted by molar-refractivity contribution is 5.76. The topological polar surface area (TPSA) is 106 Å². The lowest BCUT2D eigenvalue weighted by atomic mass is 10.1. The zero-order valence-corrected chi connectivity index (χ0v) is 17.8. The largest absolute Gasteiger partial charge is 0.356 e. The third-order valence-corrected chi connectivity index (χ3v) is 5.22. The molecule has 0 spiro atoms. The van der Waals surface area contributed by atoms with E-state index in [0.29, 0.717) is 30.0 Å². The van der Waals surface area contributed by atoms with Crippen molar-refractivity contribution in [1.82, 2.24) is 30.0 Å². The van der Waals surface area contributed by atoms with E-state index in [2.05, 4.69) is 25.4 Å². The highest BCUT2D eigenvalue weighted by atomic mass is 16.1. The summed E-state index contributed by atoms with van der Waals surface area (Å²) in [6, 6.07) is 13.5. The number of H-pyrrole nitrogens is 1. The number of benzene rings is 1. The number of aromatic amines is 1. The number of nitrogens with one attached hydrogen (secondary N) is 2. The van der Waals surface area contributed by atoms with Crippen LogP contribution in [0.15, 0.2) is 72.0 Å². The Hall–Kier alpha value is -4.07. The molecule has 32 heavy (non-hydrogen) atoms. The van der Waals surface area contributed by atoms with Crippen molar-refractivity contribution in [1.29, 1.82) is 0 Å². The van der Waals surface area contributed by atoms with E-state index < -0.39 is 0 Å². The molecule has 8 nitrogen and oxygen atoms in total. The van der Waals surface area contributed by atoms with Gasteiger partial charge in [0, 0.05) is 54.6 Å². The molecule has 0 aliphatic heterocycles. The van der Waals surface area contributed by atoms with E-state index >= 15 is 0 Å². The predicted octanol–water partition coefficient (Wildman–Crippen LogP) is 2.62. The van der Waals surface area contributed by atoms with E-state index in [9.17, 15) is 9.59 Å². The number of hydrogen-bond acceptors (Lipinski definition) is 5. The lowest BCUT2D eigenvalue weighted by Gasteiger charge is -2.09. The van der Waals surface area contributed by atoms with Gasteiger partial charge in [0.1, 0.15) is 5.82 Å². The quantitative estimate of drug-likeness (QED) is 0.449. The highest BCUT2D eigenvalue weighted by Crippen LogP contribution is 2.13. The average Bonchev–Trinajstić information content (AvgIpc) is 3.34. The van der Waals surface area contributed by atoms with Gasteiger partial charge in [-0.15, -0.1) is 0 Å². The third-order valence-electron chi connectivity index (χ3n) is 5.22. The Morgan fingerprint density at radius 1 is 1.06 bits per heavy atom. The molecule has 0 bridgehead atoms. The summed E-state index contributed by atoms with van der Waals surface area (Å²) in [5.41, 5.74) is 3.87. The summed E-state index contributed by atoms with van der Waals surface area (Å²) < 4.78 is 1.80. The summed E-state index contributed by atoms with van der Waals surface area (Å²) in [6.07, 6.45) is 8.24. The number of aryl methyl sites for hydroxylation is 1. The minimum Gasteiger partial charge on any atom is -0.356 e. The molecule has 0 fully saturated rings. The first kappa shape index (κ1) is 21.2. The van der Waals surface area contributed by atoms with Crippen molar-refractivity contribution in [3.8, 4) is 17.1 Å². The maximum absolute atomic E-state index is 12.5. The number of hydrogen-bond donors (Lipinski definition) is 2. The van der Waals surface area contributed by atoms with Crippen molar-refractivity contribution in [3.63, 3.8) is 0 Å². The molecular weight excluding hydrogens is 404 g/mol. The van der Waals surface area contributed by atoms with Gasteiger partial charge in [0.25, 0.3) is 5.56 Å². The number of rotatable bonds is 8. The maximum Gasteiger partial charge on any atom is 0.254 e. The third kappa shape index (κ3) is 5.15. The van der Waals surface area contributed by atoms with Gasteiger partial charge in [-0.25, -0.2) is 9.67 Å². The van der Waals surface area contributed by atoms with Gasteiger partial charge >= 0.3 is 0 Å². The van der Waals surface area contributed by atoms with Crippen LogP contribution in [0.1, 0.15) is 23.2 Å². The van der Waals surface area contributed by atoms with Gasteiger partial charge in [0.2, 0.25) is 5.91 Å². The van der Waals surface area contributed by atoms with Crippen LogP contribution in [0.25, 0.3) is 17.1 Å². The molecule has 3 heterocycles. The summed E-state index contributed by atoms with van der Waals surface area (Å²) in [4.78, 5) is 36.0.